The number of Topliss-reactive ketones (excluding diaryl/α,β-unsaturated/α-hetero) is 1. The number of nitrogens with one attached hydrogen (secondary N) is 2. The second-order valence-electron chi connectivity index (χ2n) is 2.77. The predicted molar refractivity (Wildman–Crippen MR) is 47.0 cm³/mol. The summed E-state index contributed by atoms with van der Waals surface area (Å²) in [7, 11) is 0. The molecule has 0 aliphatic carbocycles. The Kier molecular flexibility index (Phi) is 1.80. The van der Waals surface area contributed by atoms with Gasteiger partial charge in [-0.3, -0.25) is 4.79 Å². The first kappa shape index (κ1) is 7.31. The summed E-state index contributed by atoms with van der Waals surface area (Å²) in [6.45, 7) is 0.688. The van der Waals surface area contributed by atoms with Gasteiger partial charge in [0.05, 0.1) is 5.69 Å². The fourth-order valence-electron chi connectivity index (χ4n) is 1.30. The van der Waals surface area contributed by atoms with Crippen molar-refractivity contribution in [2.45, 2.75) is 6.42 Å². The van der Waals surface area contributed by atoms with E-state index in [0.29, 0.717) is 13.0 Å². The molecule has 1 aromatic rings. The topological polar surface area (TPSA) is 41.1 Å². The highest BCUT2D eigenvalue weighted by Gasteiger charge is 2.12. The summed E-state index contributed by atoms with van der Waals surface area (Å²) in [6, 6.07) is 7.53. The van der Waals surface area contributed by atoms with Crippen LogP contribution in [0.5, 0.6) is 0 Å². The van der Waals surface area contributed by atoms with Crippen molar-refractivity contribution in [3.63, 3.8) is 0 Å². The average molecular weight is 162 g/mol. The lowest BCUT2D eigenvalue weighted by molar-refractivity contribution is 0.0986. The third kappa shape index (κ3) is 1.19. The Bertz CT molecular complexity index is 309. The Morgan fingerprint density at radius 3 is 3.00 bits per heavy atom. The molecular formula is C9H10N2O. The van der Waals surface area contributed by atoms with Gasteiger partial charge < -0.3 is 5.43 Å². The molecule has 12 heavy (non-hydrogen) atoms. The maximum absolute atomic E-state index is 11.4. The monoisotopic (exact) mass is 162 g/mol. The van der Waals surface area contributed by atoms with E-state index in [1.165, 1.54) is 0 Å². The van der Waals surface area contributed by atoms with Crippen molar-refractivity contribution in [2.75, 3.05) is 12.0 Å². The molecule has 1 aliphatic rings. The standard InChI is InChI=1S/C9H10N2O/c12-9-5-6-10-11-8-4-2-1-3-7(8)9/h1-4,10-11H,5-6H2. The Hall–Kier alpha value is -1.35. The Balaban J connectivity index is 2.46. The van der Waals surface area contributed by atoms with Gasteiger partial charge in [0.15, 0.2) is 5.78 Å². The number of carbonyl (C=O) groups is 1. The molecule has 62 valence electrons. The van der Waals surface area contributed by atoms with Gasteiger partial charge >= 0.3 is 0 Å². The van der Waals surface area contributed by atoms with Crippen molar-refractivity contribution in [1.82, 2.24) is 5.43 Å². The minimum Gasteiger partial charge on any atom is -0.321 e. The lowest BCUT2D eigenvalue weighted by Gasteiger charge is -2.04. The maximum Gasteiger partial charge on any atom is 0.166 e. The molecule has 1 aliphatic heterocycles. The number of ketones is 1. The summed E-state index contributed by atoms with van der Waals surface area (Å²) in [4.78, 5) is 11.4. The quantitative estimate of drug-likeness (QED) is 0.602. The first-order chi connectivity index (χ1) is 5.88. The van der Waals surface area contributed by atoms with Gasteiger partial charge in [-0.15, -0.1) is 0 Å². The molecular weight excluding hydrogens is 152 g/mol. The number of hydrogen-bond acceptors (Lipinski definition) is 3. The van der Waals surface area contributed by atoms with E-state index in [-0.39, 0.29) is 5.78 Å². The summed E-state index contributed by atoms with van der Waals surface area (Å²) >= 11 is 0. The molecule has 1 aromatic carbocycles. The van der Waals surface area contributed by atoms with Gasteiger partial charge in [0.2, 0.25) is 0 Å². The van der Waals surface area contributed by atoms with Gasteiger partial charge in [0, 0.05) is 18.5 Å². The van der Waals surface area contributed by atoms with Crippen molar-refractivity contribution in [3.8, 4) is 0 Å². The Morgan fingerprint density at radius 2 is 2.08 bits per heavy atom. The SMILES string of the molecule is O=C1CCNNc2ccccc21. The molecule has 0 saturated heterocycles. The lowest BCUT2D eigenvalue weighted by Crippen LogP contribution is -2.20. The molecule has 0 aromatic heterocycles. The molecule has 0 amide bonds. The molecule has 0 saturated carbocycles. The minimum absolute atomic E-state index is 0.197. The smallest absolute Gasteiger partial charge is 0.166 e. The molecule has 0 radical (unpaired) electrons. The molecule has 0 bridgehead atoms. The van der Waals surface area contributed by atoms with Crippen molar-refractivity contribution in [1.29, 1.82) is 0 Å². The van der Waals surface area contributed by atoms with Crippen molar-refractivity contribution in [3.05, 3.63) is 29.8 Å². The molecule has 2 N–H and O–H groups in total. The van der Waals surface area contributed by atoms with Crippen molar-refractivity contribution in [2.24, 2.45) is 0 Å². The second-order valence-corrected chi connectivity index (χ2v) is 2.77. The number of hydrogen-bond donors (Lipinski definition) is 2. The predicted octanol–water partition coefficient (Wildman–Crippen LogP) is 1.19. The molecule has 3 heteroatoms. The van der Waals surface area contributed by atoms with Crippen LogP contribution < -0.4 is 10.9 Å². The minimum atomic E-state index is 0.197. The van der Waals surface area contributed by atoms with Crippen molar-refractivity contribution >= 4 is 11.5 Å². The van der Waals surface area contributed by atoms with E-state index in [0.717, 1.165) is 11.3 Å². The fraction of sp³-hybridized carbons (Fsp3) is 0.222. The second kappa shape index (κ2) is 2.95. The number of fused-ring (bicyclic) bond motifs is 1. The number of para-hydroxylation sites is 1. The summed E-state index contributed by atoms with van der Waals surface area (Å²) in [5.41, 5.74) is 7.60. The molecule has 0 fully saturated rings. The van der Waals surface area contributed by atoms with Gasteiger partial charge in [-0.05, 0) is 12.1 Å². The van der Waals surface area contributed by atoms with Gasteiger partial charge in [-0.1, -0.05) is 12.1 Å². The van der Waals surface area contributed by atoms with E-state index in [9.17, 15) is 4.79 Å². The van der Waals surface area contributed by atoms with E-state index >= 15 is 0 Å². The number of rotatable bonds is 0. The fourth-order valence-corrected chi connectivity index (χ4v) is 1.30. The highest BCUT2D eigenvalue weighted by Crippen LogP contribution is 2.17. The summed E-state index contributed by atoms with van der Waals surface area (Å²) < 4.78 is 0. The van der Waals surface area contributed by atoms with Crippen LogP contribution in [-0.4, -0.2) is 12.3 Å². The van der Waals surface area contributed by atoms with E-state index in [4.69, 9.17) is 0 Å². The third-order valence-electron chi connectivity index (χ3n) is 1.93. The van der Waals surface area contributed by atoms with Crippen LogP contribution >= 0.6 is 0 Å². The van der Waals surface area contributed by atoms with Crippen LogP contribution in [0.2, 0.25) is 0 Å². The zero-order valence-electron chi connectivity index (χ0n) is 6.63. The van der Waals surface area contributed by atoms with Gasteiger partial charge in [-0.25, -0.2) is 5.43 Å². The van der Waals surface area contributed by atoms with Crippen LogP contribution in [-0.2, 0) is 0 Å². The van der Waals surface area contributed by atoms with Crippen LogP contribution in [0.4, 0.5) is 5.69 Å². The number of hydrazine groups is 1. The normalized spacial score (nSPS) is 16.2. The summed E-state index contributed by atoms with van der Waals surface area (Å²) in [5.74, 6) is 0.197. The van der Waals surface area contributed by atoms with Gasteiger partial charge in [0.1, 0.15) is 0 Å². The Morgan fingerprint density at radius 1 is 1.25 bits per heavy atom. The zero-order valence-corrected chi connectivity index (χ0v) is 6.63. The molecule has 0 spiro atoms. The van der Waals surface area contributed by atoms with Crippen LogP contribution in [0.15, 0.2) is 24.3 Å². The van der Waals surface area contributed by atoms with Crippen LogP contribution in [0.3, 0.4) is 0 Å². The molecule has 2 rings (SSSR count). The first-order valence-electron chi connectivity index (χ1n) is 3.99. The lowest BCUT2D eigenvalue weighted by atomic mass is 10.1. The molecule has 0 atom stereocenters. The van der Waals surface area contributed by atoms with Gasteiger partial charge in [-0.2, -0.15) is 0 Å². The summed E-state index contributed by atoms with van der Waals surface area (Å²) in [6.07, 6.45) is 0.560. The number of carbonyl (C=O) groups excluding carboxylic acids is 1. The highest BCUT2D eigenvalue weighted by molar-refractivity contribution is 6.01. The molecule has 0 unspecified atom stereocenters. The van der Waals surface area contributed by atoms with E-state index in [1.807, 2.05) is 24.3 Å². The number of benzene rings is 1. The van der Waals surface area contributed by atoms with Gasteiger partial charge in [0.25, 0.3) is 0 Å². The third-order valence-corrected chi connectivity index (χ3v) is 1.93. The molecule has 1 heterocycles. The maximum atomic E-state index is 11.4. The average Bonchev–Trinajstić information content (AvgIpc) is 2.29. The largest absolute Gasteiger partial charge is 0.321 e. The van der Waals surface area contributed by atoms with E-state index < -0.39 is 0 Å². The van der Waals surface area contributed by atoms with E-state index in [1.54, 1.807) is 0 Å². The highest BCUT2D eigenvalue weighted by atomic mass is 16.1. The Labute approximate surface area is 70.8 Å². The van der Waals surface area contributed by atoms with Crippen LogP contribution in [0.1, 0.15) is 16.8 Å². The zero-order chi connectivity index (χ0) is 8.39. The number of anilines is 1. The first-order valence-corrected chi connectivity index (χ1v) is 3.99. The summed E-state index contributed by atoms with van der Waals surface area (Å²) in [5, 5.41) is 0. The van der Waals surface area contributed by atoms with Crippen molar-refractivity contribution < 1.29 is 4.79 Å². The van der Waals surface area contributed by atoms with Crippen LogP contribution in [0, 0.1) is 0 Å². The van der Waals surface area contributed by atoms with Crippen LogP contribution in [0.25, 0.3) is 0 Å². The van der Waals surface area contributed by atoms with E-state index in [2.05, 4.69) is 10.9 Å². The molecule has 3 nitrogen and oxygen atoms in total.